The van der Waals surface area contributed by atoms with Crippen LogP contribution >= 0.6 is 0 Å². The minimum atomic E-state index is -1.16. The number of nitrogens with zero attached hydrogens (tertiary/aromatic N) is 4. The molecule has 4 rings (SSSR count). The molecule has 3 aromatic carbocycles. The van der Waals surface area contributed by atoms with Crippen molar-refractivity contribution >= 4 is 34.3 Å². The summed E-state index contributed by atoms with van der Waals surface area (Å²) >= 11 is 0. The smallest absolute Gasteiger partial charge is 0.249 e. The second-order valence-electron chi connectivity index (χ2n) is 10.3. The highest BCUT2D eigenvalue weighted by atomic mass is 16.5. The Morgan fingerprint density at radius 3 is 2.27 bits per heavy atom. The molecule has 40 heavy (non-hydrogen) atoms. The molecule has 4 aromatic rings. The first kappa shape index (κ1) is 28.3. The van der Waals surface area contributed by atoms with Crippen LogP contribution in [0, 0.1) is 0 Å². The van der Waals surface area contributed by atoms with E-state index in [9.17, 15) is 14.4 Å². The molecule has 0 saturated heterocycles. The highest BCUT2D eigenvalue weighted by molar-refractivity contribution is 6.02. The number of amides is 2. The maximum atomic E-state index is 14.2. The number of para-hydroxylation sites is 2. The normalized spacial score (nSPS) is 12.1. The van der Waals surface area contributed by atoms with E-state index in [2.05, 4.69) is 15.6 Å². The number of aromatic nitrogens is 3. The quantitative estimate of drug-likeness (QED) is 0.312. The predicted molar refractivity (Wildman–Crippen MR) is 152 cm³/mol. The van der Waals surface area contributed by atoms with E-state index in [1.165, 1.54) is 30.7 Å². The molecule has 0 aliphatic carbocycles. The molecule has 1 aromatic heterocycles. The number of nitrogens with one attached hydrogen (secondary N) is 1. The van der Waals surface area contributed by atoms with Gasteiger partial charge in [0.15, 0.2) is 17.3 Å². The van der Waals surface area contributed by atoms with Crippen LogP contribution in [-0.2, 0) is 16.1 Å². The third-order valence-electron chi connectivity index (χ3n) is 6.26. The standard InChI is InChI=1S/C30H33N5O5/c1-19(36)20-14-16-21(17-15-20)35(26(37)18-34-24-12-8-7-11-23(24)32-33-34)27(29(38)31-30(2,3)4)22-10-9-13-25(39-5)28(22)40-6/h7-17,27H,18H2,1-6H3,(H,31,38)/t27-/m1/s1. The lowest BCUT2D eigenvalue weighted by molar-refractivity contribution is -0.128. The Kier molecular flexibility index (Phi) is 8.18. The van der Waals surface area contributed by atoms with Gasteiger partial charge in [-0.1, -0.05) is 29.5 Å². The van der Waals surface area contributed by atoms with E-state index in [0.717, 1.165) is 0 Å². The molecule has 0 radical (unpaired) electrons. The predicted octanol–water partition coefficient (Wildman–Crippen LogP) is 4.34. The van der Waals surface area contributed by atoms with Crippen molar-refractivity contribution < 1.29 is 23.9 Å². The molecule has 0 unspecified atom stereocenters. The molecule has 10 nitrogen and oxygen atoms in total. The van der Waals surface area contributed by atoms with Crippen molar-refractivity contribution in [3.8, 4) is 11.5 Å². The van der Waals surface area contributed by atoms with Gasteiger partial charge in [0, 0.05) is 22.4 Å². The van der Waals surface area contributed by atoms with Gasteiger partial charge in [0.25, 0.3) is 0 Å². The number of ether oxygens (including phenoxy) is 2. The molecular weight excluding hydrogens is 510 g/mol. The van der Waals surface area contributed by atoms with Crippen LogP contribution in [0.2, 0.25) is 0 Å². The van der Waals surface area contributed by atoms with E-state index in [1.807, 2.05) is 45.0 Å². The molecule has 0 aliphatic heterocycles. The number of benzene rings is 3. The SMILES string of the molecule is COc1cccc([C@H](C(=O)NC(C)(C)C)N(C(=O)Cn2nnc3ccccc32)c2ccc(C(C)=O)cc2)c1OC. The van der Waals surface area contributed by atoms with E-state index in [0.29, 0.717) is 39.3 Å². The molecule has 208 valence electrons. The van der Waals surface area contributed by atoms with Gasteiger partial charge in [0.05, 0.1) is 19.7 Å². The highest BCUT2D eigenvalue weighted by Gasteiger charge is 2.37. The molecule has 1 N–H and O–H groups in total. The lowest BCUT2D eigenvalue weighted by Crippen LogP contribution is -2.50. The fraction of sp³-hybridized carbons (Fsp3) is 0.300. The van der Waals surface area contributed by atoms with Crippen LogP contribution < -0.4 is 19.7 Å². The summed E-state index contributed by atoms with van der Waals surface area (Å²) < 4.78 is 12.7. The van der Waals surface area contributed by atoms with E-state index in [-0.39, 0.29) is 12.3 Å². The van der Waals surface area contributed by atoms with E-state index in [1.54, 1.807) is 42.5 Å². The zero-order chi connectivity index (χ0) is 29.0. The van der Waals surface area contributed by atoms with Crippen molar-refractivity contribution in [3.63, 3.8) is 0 Å². The number of methoxy groups -OCH3 is 2. The molecular formula is C30H33N5O5. The van der Waals surface area contributed by atoms with Crippen molar-refractivity contribution in [1.82, 2.24) is 20.3 Å². The minimum absolute atomic E-state index is 0.116. The molecule has 0 spiro atoms. The molecule has 2 amide bonds. The summed E-state index contributed by atoms with van der Waals surface area (Å²) in [7, 11) is 2.99. The topological polar surface area (TPSA) is 116 Å². The maximum absolute atomic E-state index is 14.2. The van der Waals surface area contributed by atoms with Gasteiger partial charge < -0.3 is 14.8 Å². The van der Waals surface area contributed by atoms with Gasteiger partial charge in [-0.25, -0.2) is 4.68 Å². The number of rotatable bonds is 9. The monoisotopic (exact) mass is 543 g/mol. The first-order valence-corrected chi connectivity index (χ1v) is 12.8. The Balaban J connectivity index is 1.91. The second kappa shape index (κ2) is 11.6. The van der Waals surface area contributed by atoms with E-state index >= 15 is 0 Å². The summed E-state index contributed by atoms with van der Waals surface area (Å²) in [4.78, 5) is 41.7. The highest BCUT2D eigenvalue weighted by Crippen LogP contribution is 2.39. The molecule has 0 fully saturated rings. The number of hydrogen-bond acceptors (Lipinski definition) is 7. The summed E-state index contributed by atoms with van der Waals surface area (Å²) in [5.41, 5.74) is 2.04. The Morgan fingerprint density at radius 2 is 1.65 bits per heavy atom. The van der Waals surface area contributed by atoms with Gasteiger partial charge in [0.1, 0.15) is 18.1 Å². The number of carbonyl (C=O) groups is 3. The van der Waals surface area contributed by atoms with Crippen molar-refractivity contribution in [2.24, 2.45) is 0 Å². The van der Waals surface area contributed by atoms with E-state index in [4.69, 9.17) is 9.47 Å². The Hall–Kier alpha value is -4.73. The fourth-order valence-corrected chi connectivity index (χ4v) is 4.50. The Labute approximate surface area is 232 Å². The number of anilines is 1. The summed E-state index contributed by atoms with van der Waals surface area (Å²) in [6.07, 6.45) is 0. The lowest BCUT2D eigenvalue weighted by Gasteiger charge is -2.34. The zero-order valence-corrected chi connectivity index (χ0v) is 23.5. The van der Waals surface area contributed by atoms with Gasteiger partial charge in [-0.3, -0.25) is 19.3 Å². The molecule has 10 heteroatoms. The van der Waals surface area contributed by atoms with Gasteiger partial charge in [-0.05, 0) is 70.2 Å². The average Bonchev–Trinajstić information content (AvgIpc) is 3.32. The Bertz CT molecular complexity index is 1540. The van der Waals surface area contributed by atoms with Crippen LogP contribution in [0.15, 0.2) is 66.7 Å². The number of carbonyl (C=O) groups excluding carboxylic acids is 3. The molecule has 0 aliphatic rings. The first-order chi connectivity index (χ1) is 19.0. The van der Waals surface area contributed by atoms with Crippen LogP contribution in [0.5, 0.6) is 11.5 Å². The third-order valence-corrected chi connectivity index (χ3v) is 6.26. The molecule has 0 saturated carbocycles. The average molecular weight is 544 g/mol. The number of hydrogen-bond donors (Lipinski definition) is 1. The van der Waals surface area contributed by atoms with Crippen LogP contribution in [0.25, 0.3) is 11.0 Å². The second-order valence-corrected chi connectivity index (χ2v) is 10.3. The van der Waals surface area contributed by atoms with Crippen LogP contribution in [-0.4, -0.2) is 52.3 Å². The minimum Gasteiger partial charge on any atom is -0.493 e. The van der Waals surface area contributed by atoms with Gasteiger partial charge >= 0.3 is 0 Å². The van der Waals surface area contributed by atoms with Crippen LogP contribution in [0.3, 0.4) is 0 Å². The van der Waals surface area contributed by atoms with Crippen LogP contribution in [0.4, 0.5) is 5.69 Å². The Morgan fingerprint density at radius 1 is 0.950 bits per heavy atom. The van der Waals surface area contributed by atoms with Crippen molar-refractivity contribution in [3.05, 3.63) is 77.9 Å². The largest absolute Gasteiger partial charge is 0.493 e. The summed E-state index contributed by atoms with van der Waals surface area (Å²) in [6.45, 7) is 6.86. The first-order valence-electron chi connectivity index (χ1n) is 12.8. The summed E-state index contributed by atoms with van der Waals surface area (Å²) in [6, 6.07) is 17.9. The third kappa shape index (κ3) is 5.96. The van der Waals surface area contributed by atoms with Crippen molar-refractivity contribution in [2.45, 2.75) is 45.8 Å². The summed E-state index contributed by atoms with van der Waals surface area (Å²) in [5, 5.41) is 11.3. The fourth-order valence-electron chi connectivity index (χ4n) is 4.50. The van der Waals surface area contributed by atoms with Crippen LogP contribution in [0.1, 0.15) is 49.7 Å². The van der Waals surface area contributed by atoms with Gasteiger partial charge in [-0.2, -0.15) is 0 Å². The molecule has 0 bridgehead atoms. The van der Waals surface area contributed by atoms with Gasteiger partial charge in [0.2, 0.25) is 11.8 Å². The number of fused-ring (bicyclic) bond motifs is 1. The maximum Gasteiger partial charge on any atom is 0.249 e. The zero-order valence-electron chi connectivity index (χ0n) is 23.5. The van der Waals surface area contributed by atoms with Crippen molar-refractivity contribution in [1.29, 1.82) is 0 Å². The van der Waals surface area contributed by atoms with E-state index < -0.39 is 23.4 Å². The molecule has 1 heterocycles. The molecule has 1 atom stereocenters. The summed E-state index contributed by atoms with van der Waals surface area (Å²) in [5.74, 6) is -0.231. The number of Topliss-reactive ketones (excluding diaryl/α,β-unsaturated/α-hetero) is 1. The lowest BCUT2D eigenvalue weighted by atomic mass is 9.99. The van der Waals surface area contributed by atoms with Gasteiger partial charge in [-0.15, -0.1) is 5.10 Å². The van der Waals surface area contributed by atoms with Crippen molar-refractivity contribution in [2.75, 3.05) is 19.1 Å². The number of ketones is 1.